The summed E-state index contributed by atoms with van der Waals surface area (Å²) < 4.78 is 5.67. The number of aliphatic hydroxyl groups excluding tert-OH is 1. The van der Waals surface area contributed by atoms with Crippen LogP contribution in [0, 0.1) is 3.57 Å². The number of carbonyl (C=O) groups excluding carboxylic acids is 1. The van der Waals surface area contributed by atoms with Crippen molar-refractivity contribution in [3.05, 3.63) is 32.9 Å². The van der Waals surface area contributed by atoms with Crippen molar-refractivity contribution in [1.82, 2.24) is 0 Å². The molecule has 0 atom stereocenters. The molecule has 0 aliphatic carbocycles. The second-order valence-electron chi connectivity index (χ2n) is 2.58. The summed E-state index contributed by atoms with van der Waals surface area (Å²) in [7, 11) is 3.05. The second kappa shape index (κ2) is 5.47. The van der Waals surface area contributed by atoms with Gasteiger partial charge in [0.15, 0.2) is 0 Å². The van der Waals surface area contributed by atoms with E-state index < -0.39 is 5.97 Å². The predicted molar refractivity (Wildman–Crippen MR) is 61.1 cm³/mol. The van der Waals surface area contributed by atoms with Crippen molar-refractivity contribution in [3.8, 4) is 0 Å². The number of hydrogen-bond donors (Lipinski definition) is 1. The molecule has 5 heteroatoms. The fraction of sp³-hybridized carbons (Fsp3) is 0.222. The van der Waals surface area contributed by atoms with E-state index in [0.717, 1.165) is 3.57 Å². The van der Waals surface area contributed by atoms with E-state index in [9.17, 15) is 4.79 Å². The van der Waals surface area contributed by atoms with E-state index in [1.54, 1.807) is 12.1 Å². The highest BCUT2D eigenvalue weighted by atomic mass is 127. The van der Waals surface area contributed by atoms with Crippen molar-refractivity contribution in [1.29, 1.82) is 0 Å². The number of halogens is 1. The van der Waals surface area contributed by atoms with Crippen LogP contribution in [0.5, 0.6) is 0 Å². The molecule has 1 aromatic rings. The molecule has 73 valence electrons. The van der Waals surface area contributed by atoms with E-state index in [4.69, 9.17) is 9.84 Å². The second-order valence-corrected chi connectivity index (χ2v) is 4.12. The van der Waals surface area contributed by atoms with Gasteiger partial charge in [0, 0.05) is 3.57 Å². The minimum atomic E-state index is -0.395. The first-order chi connectivity index (χ1) is 6.67. The third-order valence-electron chi connectivity index (χ3n) is 1.58. The molecular weight excluding hydrogens is 311 g/mol. The number of rotatable bonds is 3. The summed E-state index contributed by atoms with van der Waals surface area (Å²) >= 11 is 2.09. The zero-order valence-electron chi connectivity index (χ0n) is 7.29. The number of esters is 1. The standard InChI is InChI=1S/C9H8IO3Si/c10-8-2-6(4-11)1-7(3-8)9(12)13-5-14/h1-3,11H,4-5H2. The molecule has 0 fully saturated rings. The van der Waals surface area contributed by atoms with Crippen LogP contribution < -0.4 is 0 Å². The van der Waals surface area contributed by atoms with Gasteiger partial charge in [0.05, 0.1) is 28.6 Å². The van der Waals surface area contributed by atoms with E-state index in [1.807, 2.05) is 6.07 Å². The lowest BCUT2D eigenvalue weighted by Gasteiger charge is -2.04. The topological polar surface area (TPSA) is 46.5 Å². The van der Waals surface area contributed by atoms with Gasteiger partial charge in [0.25, 0.3) is 0 Å². The molecule has 14 heavy (non-hydrogen) atoms. The zero-order chi connectivity index (χ0) is 10.6. The van der Waals surface area contributed by atoms with E-state index in [2.05, 4.69) is 32.8 Å². The monoisotopic (exact) mass is 319 g/mol. The average molecular weight is 319 g/mol. The van der Waals surface area contributed by atoms with Crippen LogP contribution in [0.3, 0.4) is 0 Å². The Morgan fingerprint density at radius 2 is 2.21 bits per heavy atom. The molecule has 0 aliphatic rings. The minimum absolute atomic E-state index is 0.0784. The van der Waals surface area contributed by atoms with Gasteiger partial charge in [-0.15, -0.1) is 0 Å². The summed E-state index contributed by atoms with van der Waals surface area (Å²) in [6, 6.07) is 5.14. The van der Waals surface area contributed by atoms with Gasteiger partial charge in [-0.25, -0.2) is 4.79 Å². The van der Waals surface area contributed by atoms with E-state index in [0.29, 0.717) is 11.1 Å². The van der Waals surface area contributed by atoms with Crippen LogP contribution in [-0.4, -0.2) is 27.5 Å². The van der Waals surface area contributed by atoms with Gasteiger partial charge in [0.2, 0.25) is 0 Å². The van der Waals surface area contributed by atoms with Crippen LogP contribution in [0.15, 0.2) is 18.2 Å². The maximum atomic E-state index is 11.3. The summed E-state index contributed by atoms with van der Waals surface area (Å²) in [5.41, 5.74) is 1.16. The van der Waals surface area contributed by atoms with E-state index >= 15 is 0 Å². The molecule has 3 radical (unpaired) electrons. The van der Waals surface area contributed by atoms with Crippen LogP contribution in [0.1, 0.15) is 15.9 Å². The van der Waals surface area contributed by atoms with Crippen molar-refractivity contribution in [2.45, 2.75) is 6.61 Å². The van der Waals surface area contributed by atoms with Crippen molar-refractivity contribution in [2.75, 3.05) is 6.23 Å². The molecule has 0 aliphatic heterocycles. The van der Waals surface area contributed by atoms with Gasteiger partial charge < -0.3 is 9.84 Å². The van der Waals surface area contributed by atoms with Crippen molar-refractivity contribution < 1.29 is 14.6 Å². The number of benzene rings is 1. The average Bonchev–Trinajstić information content (AvgIpc) is 2.17. The Labute approximate surface area is 99.0 Å². The fourth-order valence-corrected chi connectivity index (χ4v) is 1.87. The third-order valence-corrected chi connectivity index (χ3v) is 2.35. The molecule has 0 amide bonds. The van der Waals surface area contributed by atoms with Gasteiger partial charge >= 0.3 is 5.97 Å². The summed E-state index contributed by atoms with van der Waals surface area (Å²) in [6.07, 6.45) is 0.165. The van der Waals surface area contributed by atoms with Gasteiger partial charge in [-0.05, 0) is 46.4 Å². The summed E-state index contributed by atoms with van der Waals surface area (Å²) in [6.45, 7) is -0.0784. The SMILES string of the molecule is O=C(OC[Si])c1cc(I)cc(CO)c1. The smallest absolute Gasteiger partial charge is 0.337 e. The third kappa shape index (κ3) is 3.07. The molecule has 1 aromatic carbocycles. The minimum Gasteiger partial charge on any atom is -0.467 e. The molecule has 0 spiro atoms. The maximum Gasteiger partial charge on any atom is 0.337 e. The number of ether oxygens (including phenoxy) is 1. The van der Waals surface area contributed by atoms with E-state index in [-0.39, 0.29) is 12.8 Å². The Morgan fingerprint density at radius 3 is 2.79 bits per heavy atom. The van der Waals surface area contributed by atoms with Gasteiger partial charge in [-0.1, -0.05) is 0 Å². The lowest BCUT2D eigenvalue weighted by atomic mass is 10.1. The van der Waals surface area contributed by atoms with Crippen LogP contribution in [0.4, 0.5) is 0 Å². The molecule has 0 saturated carbocycles. The Kier molecular flexibility index (Phi) is 4.56. The van der Waals surface area contributed by atoms with Crippen molar-refractivity contribution in [3.63, 3.8) is 0 Å². The first kappa shape index (κ1) is 11.7. The fourth-order valence-electron chi connectivity index (χ4n) is 1.01. The zero-order valence-corrected chi connectivity index (χ0v) is 10.4. The Hall–Kier alpha value is -0.403. The quantitative estimate of drug-likeness (QED) is 0.515. The van der Waals surface area contributed by atoms with E-state index in [1.165, 1.54) is 0 Å². The maximum absolute atomic E-state index is 11.3. The van der Waals surface area contributed by atoms with Gasteiger partial charge in [0.1, 0.15) is 0 Å². The molecular formula is C9H8IO3Si. The largest absolute Gasteiger partial charge is 0.467 e. The Balaban J connectivity index is 2.96. The lowest BCUT2D eigenvalue weighted by molar-refractivity contribution is 0.0573. The number of aliphatic hydroxyl groups is 1. The highest BCUT2D eigenvalue weighted by Gasteiger charge is 2.08. The Bertz CT molecular complexity index is 341. The Morgan fingerprint density at radius 1 is 1.50 bits per heavy atom. The highest BCUT2D eigenvalue weighted by molar-refractivity contribution is 14.1. The molecule has 1 N–H and O–H groups in total. The molecule has 0 saturated heterocycles. The number of hydrogen-bond acceptors (Lipinski definition) is 3. The van der Waals surface area contributed by atoms with Crippen LogP contribution in [0.2, 0.25) is 0 Å². The summed E-state index contributed by atoms with van der Waals surface area (Å²) in [4.78, 5) is 11.3. The van der Waals surface area contributed by atoms with Crippen LogP contribution >= 0.6 is 22.6 Å². The summed E-state index contributed by atoms with van der Waals surface area (Å²) in [5.74, 6) is -0.395. The first-order valence-corrected chi connectivity index (χ1v) is 5.68. The predicted octanol–water partition coefficient (Wildman–Crippen LogP) is 1.07. The molecule has 3 nitrogen and oxygen atoms in total. The van der Waals surface area contributed by atoms with Gasteiger partial charge in [-0.2, -0.15) is 0 Å². The van der Waals surface area contributed by atoms with Crippen molar-refractivity contribution in [2.24, 2.45) is 0 Å². The number of carbonyl (C=O) groups is 1. The molecule has 0 unspecified atom stereocenters. The molecule has 0 heterocycles. The first-order valence-electron chi connectivity index (χ1n) is 3.89. The molecule has 1 rings (SSSR count). The molecule has 0 bridgehead atoms. The normalized spacial score (nSPS) is 9.93. The van der Waals surface area contributed by atoms with Crippen molar-refractivity contribution >= 4 is 38.8 Å². The van der Waals surface area contributed by atoms with Crippen LogP contribution in [-0.2, 0) is 11.3 Å². The van der Waals surface area contributed by atoms with Gasteiger partial charge in [-0.3, -0.25) is 0 Å². The van der Waals surface area contributed by atoms with Crippen LogP contribution in [0.25, 0.3) is 0 Å². The highest BCUT2D eigenvalue weighted by Crippen LogP contribution is 2.13. The molecule has 0 aromatic heterocycles. The lowest BCUT2D eigenvalue weighted by Crippen LogP contribution is -2.07. The summed E-state index contributed by atoms with van der Waals surface area (Å²) in [5, 5.41) is 8.93.